The van der Waals surface area contributed by atoms with Crippen LogP contribution < -0.4 is 9.47 Å². The first-order chi connectivity index (χ1) is 12.8. The Kier molecular flexibility index (Phi) is 4.02. The van der Waals surface area contributed by atoms with Gasteiger partial charge < -0.3 is 19.6 Å². The number of halogens is 2. The van der Waals surface area contributed by atoms with Crippen molar-refractivity contribution in [1.82, 2.24) is 4.98 Å². The van der Waals surface area contributed by atoms with Crippen molar-refractivity contribution in [2.75, 3.05) is 6.61 Å². The molecule has 0 spiro atoms. The Morgan fingerprint density at radius 3 is 2.78 bits per heavy atom. The van der Waals surface area contributed by atoms with Crippen LogP contribution in [0.1, 0.15) is 39.7 Å². The van der Waals surface area contributed by atoms with Crippen molar-refractivity contribution in [1.29, 1.82) is 0 Å². The van der Waals surface area contributed by atoms with Gasteiger partial charge in [0.25, 0.3) is 0 Å². The molecule has 27 heavy (non-hydrogen) atoms. The molecule has 1 atom stereocenters. The van der Waals surface area contributed by atoms with Gasteiger partial charge in [-0.05, 0) is 31.5 Å². The topological polar surface area (TPSA) is 71.6 Å². The molecule has 3 aromatic rings. The first kappa shape index (κ1) is 17.3. The molecule has 1 unspecified atom stereocenters. The number of hydrogen-bond acceptors (Lipinski definition) is 3. The summed E-state index contributed by atoms with van der Waals surface area (Å²) in [6, 6.07) is 4.89. The number of H-pyrrole nitrogens is 1. The molecule has 1 aliphatic heterocycles. The van der Waals surface area contributed by atoms with Crippen molar-refractivity contribution in [3.05, 3.63) is 58.3 Å². The van der Waals surface area contributed by atoms with Gasteiger partial charge in [0.2, 0.25) is 0 Å². The third-order valence-electron chi connectivity index (χ3n) is 4.89. The van der Waals surface area contributed by atoms with Crippen molar-refractivity contribution >= 4 is 16.9 Å². The molecule has 1 aliphatic rings. The highest BCUT2D eigenvalue weighted by Crippen LogP contribution is 2.41. The van der Waals surface area contributed by atoms with E-state index >= 15 is 0 Å². The van der Waals surface area contributed by atoms with Crippen molar-refractivity contribution < 1.29 is 28.2 Å². The van der Waals surface area contributed by atoms with Gasteiger partial charge in [0, 0.05) is 29.6 Å². The molecule has 0 amide bonds. The van der Waals surface area contributed by atoms with Gasteiger partial charge in [0.15, 0.2) is 0 Å². The Labute approximate surface area is 153 Å². The summed E-state index contributed by atoms with van der Waals surface area (Å²) in [6.07, 6.45) is -0.354. The number of nitrogens with one attached hydrogen (secondary N) is 1. The molecule has 0 aliphatic carbocycles. The average Bonchev–Trinajstić information content (AvgIpc) is 2.89. The average molecular weight is 373 g/mol. The van der Waals surface area contributed by atoms with Crippen molar-refractivity contribution in [3.8, 4) is 11.5 Å². The number of carboxylic acid groups (broad SMARTS) is 1. The summed E-state index contributed by atoms with van der Waals surface area (Å²) in [4.78, 5) is 14.6. The molecule has 1 aromatic heterocycles. The largest absolute Gasteiger partial charge is 0.493 e. The summed E-state index contributed by atoms with van der Waals surface area (Å²) in [5, 5.41) is 10.1. The van der Waals surface area contributed by atoms with E-state index in [-0.39, 0.29) is 23.5 Å². The Morgan fingerprint density at radius 1 is 1.26 bits per heavy atom. The molecule has 2 heterocycles. The lowest BCUT2D eigenvalue weighted by molar-refractivity contribution is 0.0695. The van der Waals surface area contributed by atoms with Gasteiger partial charge >= 0.3 is 5.97 Å². The second-order valence-corrected chi connectivity index (χ2v) is 6.62. The molecule has 7 heteroatoms. The first-order valence-corrected chi connectivity index (χ1v) is 8.49. The number of rotatable bonds is 3. The Bertz CT molecular complexity index is 1070. The van der Waals surface area contributed by atoms with Gasteiger partial charge in [-0.1, -0.05) is 0 Å². The maximum absolute atomic E-state index is 14.4. The zero-order valence-electron chi connectivity index (χ0n) is 14.7. The second-order valence-electron chi connectivity index (χ2n) is 6.62. The Hall–Kier alpha value is -3.09. The van der Waals surface area contributed by atoms with Crippen LogP contribution in [0.4, 0.5) is 8.78 Å². The summed E-state index contributed by atoms with van der Waals surface area (Å²) in [5.41, 5.74) is 2.64. The van der Waals surface area contributed by atoms with Gasteiger partial charge in [0.05, 0.1) is 23.3 Å². The predicted molar refractivity (Wildman–Crippen MR) is 94.6 cm³/mol. The van der Waals surface area contributed by atoms with E-state index in [1.54, 1.807) is 6.07 Å². The van der Waals surface area contributed by atoms with Crippen LogP contribution in [0.5, 0.6) is 11.5 Å². The van der Waals surface area contributed by atoms with E-state index in [4.69, 9.17) is 9.47 Å². The fourth-order valence-corrected chi connectivity index (χ4v) is 3.48. The normalized spacial score (nSPS) is 16.1. The van der Waals surface area contributed by atoms with E-state index in [0.29, 0.717) is 17.7 Å². The van der Waals surface area contributed by atoms with E-state index in [0.717, 1.165) is 28.8 Å². The van der Waals surface area contributed by atoms with E-state index in [2.05, 4.69) is 4.98 Å². The number of fused-ring (bicyclic) bond motifs is 2. The fourth-order valence-electron chi connectivity index (χ4n) is 3.48. The number of ether oxygens (including phenoxy) is 2. The lowest BCUT2D eigenvalue weighted by atomic mass is 10.0. The highest BCUT2D eigenvalue weighted by atomic mass is 19.1. The lowest BCUT2D eigenvalue weighted by Crippen LogP contribution is -2.20. The smallest absolute Gasteiger partial charge is 0.335 e. The summed E-state index contributed by atoms with van der Waals surface area (Å²) >= 11 is 0. The number of aromatic amines is 1. The quantitative estimate of drug-likeness (QED) is 0.700. The van der Waals surface area contributed by atoms with Crippen LogP contribution in [0.15, 0.2) is 24.3 Å². The SMILES string of the molecule is Cc1[nH]c2cc(C(=O)O)cc(OC3CCOc4cc(F)cc(F)c43)c2c1C. The highest BCUT2D eigenvalue weighted by Gasteiger charge is 2.29. The molecular weight excluding hydrogens is 356 g/mol. The Morgan fingerprint density at radius 2 is 2.04 bits per heavy atom. The molecule has 0 bridgehead atoms. The zero-order valence-corrected chi connectivity index (χ0v) is 14.7. The van der Waals surface area contributed by atoms with Crippen LogP contribution in [0, 0.1) is 25.5 Å². The van der Waals surface area contributed by atoms with Gasteiger partial charge in [-0.2, -0.15) is 0 Å². The predicted octanol–water partition coefficient (Wildman–Crippen LogP) is 4.66. The van der Waals surface area contributed by atoms with Crippen molar-refractivity contribution in [3.63, 3.8) is 0 Å². The Balaban J connectivity index is 1.84. The number of hydrogen-bond donors (Lipinski definition) is 2. The third-order valence-corrected chi connectivity index (χ3v) is 4.89. The molecule has 140 valence electrons. The van der Waals surface area contributed by atoms with E-state index in [1.165, 1.54) is 6.07 Å². The number of aromatic carboxylic acids is 1. The summed E-state index contributed by atoms with van der Waals surface area (Å²) in [7, 11) is 0. The van der Waals surface area contributed by atoms with E-state index in [1.807, 2.05) is 13.8 Å². The van der Waals surface area contributed by atoms with Gasteiger partial charge in [0.1, 0.15) is 29.2 Å². The number of carbonyl (C=O) groups is 1. The summed E-state index contributed by atoms with van der Waals surface area (Å²) in [6.45, 7) is 4.02. The van der Waals surface area contributed by atoms with Crippen LogP contribution in [-0.4, -0.2) is 22.7 Å². The van der Waals surface area contributed by atoms with Gasteiger partial charge in [-0.3, -0.25) is 0 Å². The van der Waals surface area contributed by atoms with Crippen LogP contribution in [0.3, 0.4) is 0 Å². The molecule has 2 aromatic carbocycles. The van der Waals surface area contributed by atoms with Crippen LogP contribution in [-0.2, 0) is 0 Å². The fraction of sp³-hybridized carbons (Fsp3) is 0.250. The summed E-state index contributed by atoms with van der Waals surface area (Å²) < 4.78 is 39.3. The molecule has 0 radical (unpaired) electrons. The first-order valence-electron chi connectivity index (χ1n) is 8.49. The van der Waals surface area contributed by atoms with E-state index < -0.39 is 23.7 Å². The van der Waals surface area contributed by atoms with Crippen LogP contribution in [0.2, 0.25) is 0 Å². The lowest BCUT2D eigenvalue weighted by Gasteiger charge is -2.27. The highest BCUT2D eigenvalue weighted by molar-refractivity contribution is 5.98. The minimum absolute atomic E-state index is 0.0608. The third kappa shape index (κ3) is 2.89. The van der Waals surface area contributed by atoms with Crippen molar-refractivity contribution in [2.24, 2.45) is 0 Å². The molecule has 2 N–H and O–H groups in total. The molecule has 0 saturated heterocycles. The number of aromatic nitrogens is 1. The molecule has 0 saturated carbocycles. The second kappa shape index (κ2) is 6.26. The molecule has 0 fully saturated rings. The van der Waals surface area contributed by atoms with Crippen LogP contribution >= 0.6 is 0 Å². The zero-order chi connectivity index (χ0) is 19.3. The molecule has 4 rings (SSSR count). The van der Waals surface area contributed by atoms with Gasteiger partial charge in [-0.15, -0.1) is 0 Å². The standard InChI is InChI=1S/C20H17F2NO4/c1-9-10(2)23-14-5-11(20(24)25)6-17(18(9)14)27-15-3-4-26-16-8-12(21)7-13(22)19(15)16/h5-8,15,23H,3-4H2,1-2H3,(H,24,25). The number of benzene rings is 2. The monoisotopic (exact) mass is 373 g/mol. The number of carboxylic acids is 1. The summed E-state index contributed by atoms with van der Waals surface area (Å²) in [5.74, 6) is -2.11. The van der Waals surface area contributed by atoms with Crippen LogP contribution in [0.25, 0.3) is 10.9 Å². The van der Waals surface area contributed by atoms with E-state index in [9.17, 15) is 18.7 Å². The molecular formula is C20H17F2NO4. The minimum Gasteiger partial charge on any atom is -0.493 e. The van der Waals surface area contributed by atoms with Gasteiger partial charge in [-0.25, -0.2) is 13.6 Å². The maximum Gasteiger partial charge on any atom is 0.335 e. The maximum atomic E-state index is 14.4. The number of aryl methyl sites for hydroxylation is 2. The van der Waals surface area contributed by atoms with Crippen molar-refractivity contribution in [2.45, 2.75) is 26.4 Å². The molecule has 5 nitrogen and oxygen atoms in total. The minimum atomic E-state index is -1.09.